The predicted octanol–water partition coefficient (Wildman–Crippen LogP) is 5.25. The monoisotopic (exact) mass is 607 g/mol. The zero-order chi connectivity index (χ0) is 30.2. The largest absolute Gasteiger partial charge is 0.394 e. The van der Waals surface area contributed by atoms with E-state index in [0.29, 0.717) is 30.1 Å². The van der Waals surface area contributed by atoms with Gasteiger partial charge in [0.05, 0.1) is 39.9 Å². The number of carbonyl (C=O) groups is 3. The van der Waals surface area contributed by atoms with Crippen LogP contribution in [0.25, 0.3) is 0 Å². The number of thioether (sulfide) groups is 1. The van der Waals surface area contributed by atoms with Crippen molar-refractivity contribution in [2.24, 2.45) is 11.8 Å². The summed E-state index contributed by atoms with van der Waals surface area (Å²) in [4.78, 5) is 48.6. The normalized spacial score (nSPS) is 26.6. The van der Waals surface area contributed by atoms with Gasteiger partial charge in [-0.1, -0.05) is 61.0 Å². The number of hydrogen-bond donors (Lipinski definition) is 1. The number of anilines is 2. The Labute approximate surface area is 257 Å². The number of rotatable bonds is 11. The number of likely N-dealkylation sites (tertiary alicyclic amines) is 1. The molecule has 0 aliphatic carbocycles. The van der Waals surface area contributed by atoms with Crippen LogP contribution in [-0.4, -0.2) is 69.5 Å². The number of carbonyl (C=O) groups excluding carboxylic acids is 3. The number of benzene rings is 2. The van der Waals surface area contributed by atoms with Crippen LogP contribution in [0.15, 0.2) is 73.8 Å². The Balaban J connectivity index is 1.61. The summed E-state index contributed by atoms with van der Waals surface area (Å²) >= 11 is 8.27. The van der Waals surface area contributed by atoms with E-state index in [1.165, 1.54) is 0 Å². The lowest BCUT2D eigenvalue weighted by molar-refractivity contribution is -0.141. The molecule has 0 saturated carbocycles. The number of nitrogens with zero attached hydrogens (tertiary/aromatic N) is 3. The number of aliphatic hydroxyl groups is 1. The molecule has 0 radical (unpaired) electrons. The minimum absolute atomic E-state index is 0.0935. The van der Waals surface area contributed by atoms with Crippen molar-refractivity contribution in [1.29, 1.82) is 0 Å². The summed E-state index contributed by atoms with van der Waals surface area (Å²) < 4.78 is -0.799. The fourth-order valence-corrected chi connectivity index (χ4v) is 9.75. The lowest BCUT2D eigenvalue weighted by Gasteiger charge is -2.40. The Hall–Kier alpha value is -3.07. The van der Waals surface area contributed by atoms with Crippen molar-refractivity contribution >= 4 is 52.5 Å². The number of halogens is 1. The SMILES string of the molecule is C=CCN(C(=O)[C@@H]1[C@H]2C(=O)N([C@@H](CC)CO)C(C(=O)N(CC=C)c3c(C)cccc3Cl)C23CC[C@H]1S3)c1ccccc1. The van der Waals surface area contributed by atoms with E-state index in [1.807, 2.05) is 56.3 Å². The molecule has 9 heteroatoms. The first-order chi connectivity index (χ1) is 20.2. The molecule has 222 valence electrons. The lowest BCUT2D eigenvalue weighted by Crippen LogP contribution is -2.57. The van der Waals surface area contributed by atoms with Gasteiger partial charge >= 0.3 is 0 Å². The molecule has 0 aromatic heterocycles. The molecule has 7 nitrogen and oxygen atoms in total. The summed E-state index contributed by atoms with van der Waals surface area (Å²) in [6.07, 6.45) is 5.17. The first-order valence-electron chi connectivity index (χ1n) is 14.5. The zero-order valence-electron chi connectivity index (χ0n) is 24.1. The van der Waals surface area contributed by atoms with Crippen LogP contribution in [0.2, 0.25) is 5.02 Å². The molecule has 2 bridgehead atoms. The second-order valence-corrected chi connectivity index (χ2v) is 13.3. The van der Waals surface area contributed by atoms with Crippen molar-refractivity contribution in [3.63, 3.8) is 0 Å². The van der Waals surface area contributed by atoms with Crippen molar-refractivity contribution in [3.8, 4) is 0 Å². The maximum Gasteiger partial charge on any atom is 0.251 e. The smallest absolute Gasteiger partial charge is 0.251 e. The molecule has 3 aliphatic heterocycles. The predicted molar refractivity (Wildman–Crippen MR) is 170 cm³/mol. The fourth-order valence-electron chi connectivity index (χ4n) is 7.23. The standard InChI is InChI=1S/C33H38ClN3O4S/c1-5-18-35(23-13-9-8-10-14-23)30(39)26-25-16-17-33(42-25)27(26)31(40)37(22(7-3)20-38)29(33)32(41)36(19-6-2)28-21(4)12-11-15-24(28)34/h5-6,8-15,22,25-27,29,38H,1-2,7,16-20H2,3-4H3/t22-,25+,26-,27-,29?,33?/m0/s1. The van der Waals surface area contributed by atoms with E-state index in [0.717, 1.165) is 17.7 Å². The molecule has 6 atom stereocenters. The lowest BCUT2D eigenvalue weighted by atomic mass is 9.70. The van der Waals surface area contributed by atoms with Crippen LogP contribution in [0.1, 0.15) is 31.7 Å². The Bertz CT molecular complexity index is 1360. The number of aryl methyl sites for hydroxylation is 1. The van der Waals surface area contributed by atoms with Crippen LogP contribution in [0.3, 0.4) is 0 Å². The quantitative estimate of drug-likeness (QED) is 0.353. The molecular weight excluding hydrogens is 570 g/mol. The van der Waals surface area contributed by atoms with Gasteiger partial charge in [0.2, 0.25) is 11.8 Å². The molecule has 2 aromatic carbocycles. The summed E-state index contributed by atoms with van der Waals surface area (Å²) in [5, 5.41) is 10.8. The first kappa shape index (κ1) is 30.4. The maximum absolute atomic E-state index is 14.8. The van der Waals surface area contributed by atoms with E-state index in [1.54, 1.807) is 44.7 Å². The molecule has 5 rings (SSSR count). The van der Waals surface area contributed by atoms with E-state index < -0.39 is 28.7 Å². The minimum atomic E-state index is -0.861. The molecule has 1 N–H and O–H groups in total. The highest BCUT2D eigenvalue weighted by Crippen LogP contribution is 2.67. The minimum Gasteiger partial charge on any atom is -0.394 e. The number of amides is 3. The number of hydrogen-bond acceptors (Lipinski definition) is 5. The average molecular weight is 608 g/mol. The molecule has 2 aromatic rings. The first-order valence-corrected chi connectivity index (χ1v) is 15.8. The Morgan fingerprint density at radius 2 is 1.81 bits per heavy atom. The molecular formula is C33H38ClN3O4S. The van der Waals surface area contributed by atoms with E-state index in [2.05, 4.69) is 13.2 Å². The van der Waals surface area contributed by atoms with Gasteiger partial charge in [-0.05, 0) is 49.9 Å². The zero-order valence-corrected chi connectivity index (χ0v) is 25.7. The van der Waals surface area contributed by atoms with Gasteiger partial charge in [0, 0.05) is 24.0 Å². The summed E-state index contributed by atoms with van der Waals surface area (Å²) in [5.41, 5.74) is 2.16. The summed E-state index contributed by atoms with van der Waals surface area (Å²) in [6, 6.07) is 13.5. The van der Waals surface area contributed by atoms with Crippen LogP contribution >= 0.6 is 23.4 Å². The Morgan fingerprint density at radius 1 is 1.12 bits per heavy atom. The molecule has 3 aliphatic rings. The molecule has 3 amide bonds. The Morgan fingerprint density at radius 3 is 2.43 bits per heavy atom. The van der Waals surface area contributed by atoms with Gasteiger partial charge in [0.1, 0.15) is 6.04 Å². The number of fused-ring (bicyclic) bond motifs is 1. The fraction of sp³-hybridized carbons (Fsp3) is 0.424. The summed E-state index contributed by atoms with van der Waals surface area (Å²) in [6.45, 7) is 11.8. The highest BCUT2D eigenvalue weighted by atomic mass is 35.5. The van der Waals surface area contributed by atoms with Crippen LogP contribution < -0.4 is 9.80 Å². The van der Waals surface area contributed by atoms with Crippen LogP contribution in [-0.2, 0) is 14.4 Å². The van der Waals surface area contributed by atoms with Gasteiger partial charge < -0.3 is 19.8 Å². The molecule has 3 saturated heterocycles. The molecule has 3 heterocycles. The molecule has 2 unspecified atom stereocenters. The molecule has 1 spiro atoms. The van der Waals surface area contributed by atoms with E-state index in [4.69, 9.17) is 11.6 Å². The number of para-hydroxylation sites is 2. The molecule has 42 heavy (non-hydrogen) atoms. The van der Waals surface area contributed by atoms with Gasteiger partial charge in [0.25, 0.3) is 5.91 Å². The second-order valence-electron chi connectivity index (χ2n) is 11.3. The topological polar surface area (TPSA) is 81.2 Å². The highest BCUT2D eigenvalue weighted by molar-refractivity contribution is 8.02. The van der Waals surface area contributed by atoms with E-state index >= 15 is 0 Å². The van der Waals surface area contributed by atoms with E-state index in [9.17, 15) is 19.5 Å². The molecule has 3 fully saturated rings. The summed E-state index contributed by atoms with van der Waals surface area (Å²) in [5.74, 6) is -1.90. The van der Waals surface area contributed by atoms with Crippen molar-refractivity contribution in [3.05, 3.63) is 84.4 Å². The Kier molecular flexibility index (Phi) is 8.88. The number of aliphatic hydroxyl groups excluding tert-OH is 1. The van der Waals surface area contributed by atoms with Gasteiger partial charge in [-0.15, -0.1) is 24.9 Å². The van der Waals surface area contributed by atoms with Gasteiger partial charge in [0.15, 0.2) is 0 Å². The van der Waals surface area contributed by atoms with E-state index in [-0.39, 0.29) is 36.1 Å². The van der Waals surface area contributed by atoms with Gasteiger partial charge in [-0.2, -0.15) is 0 Å². The maximum atomic E-state index is 14.8. The summed E-state index contributed by atoms with van der Waals surface area (Å²) in [7, 11) is 0. The van der Waals surface area contributed by atoms with Crippen molar-refractivity contribution in [2.45, 2.75) is 55.2 Å². The van der Waals surface area contributed by atoms with Crippen molar-refractivity contribution < 1.29 is 19.5 Å². The van der Waals surface area contributed by atoms with Gasteiger partial charge in [-0.3, -0.25) is 14.4 Å². The van der Waals surface area contributed by atoms with Gasteiger partial charge in [-0.25, -0.2) is 0 Å². The van der Waals surface area contributed by atoms with Crippen LogP contribution in [0.4, 0.5) is 11.4 Å². The third-order valence-electron chi connectivity index (χ3n) is 9.01. The van der Waals surface area contributed by atoms with Crippen molar-refractivity contribution in [2.75, 3.05) is 29.5 Å². The third-order valence-corrected chi connectivity index (χ3v) is 11.3. The second kappa shape index (κ2) is 12.3. The third kappa shape index (κ3) is 4.77. The van der Waals surface area contributed by atoms with Crippen LogP contribution in [0.5, 0.6) is 0 Å². The highest BCUT2D eigenvalue weighted by Gasteiger charge is 2.74. The van der Waals surface area contributed by atoms with Crippen LogP contribution in [0, 0.1) is 18.8 Å². The van der Waals surface area contributed by atoms with Crippen molar-refractivity contribution in [1.82, 2.24) is 4.90 Å². The average Bonchev–Trinajstić information content (AvgIpc) is 3.63.